The molecule has 0 unspecified atom stereocenters. The molecule has 2 aromatic rings. The number of carbonyl (C=O) groups excluding carboxylic acids is 2. The number of ether oxygens (including phenoxy) is 2. The molecule has 0 spiro atoms. The Balaban J connectivity index is 1.42. The zero-order chi connectivity index (χ0) is 18.5. The number of benzene rings is 1. The molecule has 26 heavy (non-hydrogen) atoms. The SMILES string of the molecule is CCn1nc(C)cc1C(=O)NCC(=O)NCCc1ccc2c(c1)OCO2. The average molecular weight is 358 g/mol. The first-order valence-corrected chi connectivity index (χ1v) is 8.54. The number of hydrogen-bond donors (Lipinski definition) is 2. The molecule has 3 rings (SSSR count). The monoisotopic (exact) mass is 358 g/mol. The Morgan fingerprint density at radius 1 is 1.19 bits per heavy atom. The van der Waals surface area contributed by atoms with Crippen LogP contribution in [0.15, 0.2) is 24.3 Å². The van der Waals surface area contributed by atoms with Crippen molar-refractivity contribution >= 4 is 11.8 Å². The van der Waals surface area contributed by atoms with E-state index in [1.807, 2.05) is 32.0 Å². The summed E-state index contributed by atoms with van der Waals surface area (Å²) in [7, 11) is 0. The molecule has 1 aliphatic rings. The second-order valence-corrected chi connectivity index (χ2v) is 5.96. The van der Waals surface area contributed by atoms with Crippen molar-refractivity contribution in [3.63, 3.8) is 0 Å². The number of hydrogen-bond acceptors (Lipinski definition) is 5. The van der Waals surface area contributed by atoms with Crippen LogP contribution >= 0.6 is 0 Å². The molecular weight excluding hydrogens is 336 g/mol. The van der Waals surface area contributed by atoms with E-state index in [4.69, 9.17) is 9.47 Å². The lowest BCUT2D eigenvalue weighted by Gasteiger charge is -2.08. The minimum atomic E-state index is -0.307. The summed E-state index contributed by atoms with van der Waals surface area (Å²) in [5.74, 6) is 0.919. The number of aryl methyl sites for hydroxylation is 2. The van der Waals surface area contributed by atoms with Gasteiger partial charge in [-0.2, -0.15) is 5.10 Å². The van der Waals surface area contributed by atoms with E-state index in [2.05, 4.69) is 15.7 Å². The van der Waals surface area contributed by atoms with Gasteiger partial charge >= 0.3 is 0 Å². The van der Waals surface area contributed by atoms with Crippen LogP contribution in [-0.4, -0.2) is 41.5 Å². The third kappa shape index (κ3) is 4.14. The summed E-state index contributed by atoms with van der Waals surface area (Å²) in [5, 5.41) is 9.63. The standard InChI is InChI=1S/C18H22N4O4/c1-3-22-14(8-12(2)21-22)18(24)20-10-17(23)19-7-6-13-4-5-15-16(9-13)26-11-25-15/h4-5,8-9H,3,6-7,10-11H2,1-2H3,(H,19,23)(H,20,24). The van der Waals surface area contributed by atoms with Gasteiger partial charge < -0.3 is 20.1 Å². The fraction of sp³-hybridized carbons (Fsp3) is 0.389. The number of carbonyl (C=O) groups is 2. The third-order valence-corrected chi connectivity index (χ3v) is 4.02. The quantitative estimate of drug-likeness (QED) is 0.771. The molecule has 138 valence electrons. The summed E-state index contributed by atoms with van der Waals surface area (Å²) in [6.07, 6.45) is 0.665. The van der Waals surface area contributed by atoms with Crippen LogP contribution in [-0.2, 0) is 17.8 Å². The van der Waals surface area contributed by atoms with Gasteiger partial charge in [-0.1, -0.05) is 6.07 Å². The molecule has 2 amide bonds. The third-order valence-electron chi connectivity index (χ3n) is 4.02. The molecule has 8 nitrogen and oxygen atoms in total. The van der Waals surface area contributed by atoms with Gasteiger partial charge in [-0.3, -0.25) is 14.3 Å². The van der Waals surface area contributed by atoms with Crippen LogP contribution in [0.25, 0.3) is 0 Å². The molecule has 2 heterocycles. The number of fused-ring (bicyclic) bond motifs is 1. The van der Waals surface area contributed by atoms with Crippen LogP contribution in [0.2, 0.25) is 0 Å². The van der Waals surface area contributed by atoms with Gasteiger partial charge in [-0.25, -0.2) is 0 Å². The van der Waals surface area contributed by atoms with Gasteiger partial charge in [0.2, 0.25) is 12.7 Å². The maximum absolute atomic E-state index is 12.2. The van der Waals surface area contributed by atoms with Crippen molar-refractivity contribution in [1.29, 1.82) is 0 Å². The summed E-state index contributed by atoms with van der Waals surface area (Å²) >= 11 is 0. The van der Waals surface area contributed by atoms with Crippen molar-refractivity contribution in [2.75, 3.05) is 19.9 Å². The molecule has 1 aromatic carbocycles. The molecular formula is C18H22N4O4. The topological polar surface area (TPSA) is 94.5 Å². The van der Waals surface area contributed by atoms with Gasteiger partial charge in [0.05, 0.1) is 12.2 Å². The highest BCUT2D eigenvalue weighted by atomic mass is 16.7. The highest BCUT2D eigenvalue weighted by molar-refractivity contribution is 5.95. The molecule has 8 heteroatoms. The van der Waals surface area contributed by atoms with Gasteiger partial charge in [-0.15, -0.1) is 0 Å². The van der Waals surface area contributed by atoms with Crippen LogP contribution in [0, 0.1) is 6.92 Å². The van der Waals surface area contributed by atoms with Crippen LogP contribution in [0.5, 0.6) is 11.5 Å². The van der Waals surface area contributed by atoms with Crippen molar-refractivity contribution < 1.29 is 19.1 Å². The van der Waals surface area contributed by atoms with E-state index in [0.717, 1.165) is 22.8 Å². The van der Waals surface area contributed by atoms with Gasteiger partial charge in [0.25, 0.3) is 5.91 Å². The average Bonchev–Trinajstić information content (AvgIpc) is 3.25. The van der Waals surface area contributed by atoms with E-state index in [1.165, 1.54) is 0 Å². The van der Waals surface area contributed by atoms with E-state index in [-0.39, 0.29) is 25.2 Å². The molecule has 0 bridgehead atoms. The lowest BCUT2D eigenvalue weighted by Crippen LogP contribution is -2.38. The maximum atomic E-state index is 12.2. The lowest BCUT2D eigenvalue weighted by molar-refractivity contribution is -0.120. The Morgan fingerprint density at radius 2 is 2.00 bits per heavy atom. The Kier molecular flexibility index (Phi) is 5.40. The van der Waals surface area contributed by atoms with Crippen LogP contribution in [0.4, 0.5) is 0 Å². The van der Waals surface area contributed by atoms with Crippen LogP contribution < -0.4 is 20.1 Å². The molecule has 0 radical (unpaired) electrons. The molecule has 0 saturated heterocycles. The van der Waals surface area contributed by atoms with Crippen molar-refractivity contribution in [2.24, 2.45) is 0 Å². The predicted molar refractivity (Wildman–Crippen MR) is 94.2 cm³/mol. The van der Waals surface area contributed by atoms with Crippen molar-refractivity contribution in [1.82, 2.24) is 20.4 Å². The summed E-state index contributed by atoms with van der Waals surface area (Å²) in [6, 6.07) is 7.41. The van der Waals surface area contributed by atoms with Gasteiger partial charge in [0.1, 0.15) is 5.69 Å². The minimum Gasteiger partial charge on any atom is -0.454 e. The largest absolute Gasteiger partial charge is 0.454 e. The van der Waals surface area contributed by atoms with E-state index in [1.54, 1.807) is 10.7 Å². The first-order chi connectivity index (χ1) is 12.6. The van der Waals surface area contributed by atoms with E-state index >= 15 is 0 Å². The number of nitrogens with zero attached hydrogens (tertiary/aromatic N) is 2. The number of amides is 2. The molecule has 1 aromatic heterocycles. The Morgan fingerprint density at radius 3 is 2.81 bits per heavy atom. The second kappa shape index (κ2) is 7.90. The molecule has 0 atom stereocenters. The lowest BCUT2D eigenvalue weighted by atomic mass is 10.1. The smallest absolute Gasteiger partial charge is 0.269 e. The van der Waals surface area contributed by atoms with Gasteiger partial charge in [0, 0.05) is 13.1 Å². The zero-order valence-corrected chi connectivity index (χ0v) is 14.9. The summed E-state index contributed by atoms with van der Waals surface area (Å²) < 4.78 is 12.2. The summed E-state index contributed by atoms with van der Waals surface area (Å²) in [4.78, 5) is 24.1. The van der Waals surface area contributed by atoms with Crippen LogP contribution in [0.1, 0.15) is 28.7 Å². The molecule has 0 aliphatic carbocycles. The van der Waals surface area contributed by atoms with E-state index in [0.29, 0.717) is 25.2 Å². The number of aromatic nitrogens is 2. The number of rotatable bonds is 7. The van der Waals surface area contributed by atoms with Crippen molar-refractivity contribution in [3.05, 3.63) is 41.2 Å². The summed E-state index contributed by atoms with van der Waals surface area (Å²) in [5.41, 5.74) is 2.27. The van der Waals surface area contributed by atoms with E-state index in [9.17, 15) is 9.59 Å². The van der Waals surface area contributed by atoms with E-state index < -0.39 is 0 Å². The highest BCUT2D eigenvalue weighted by Crippen LogP contribution is 2.32. The summed E-state index contributed by atoms with van der Waals surface area (Å²) in [6.45, 7) is 4.97. The molecule has 2 N–H and O–H groups in total. The predicted octanol–water partition coefficient (Wildman–Crippen LogP) is 1.03. The van der Waals surface area contributed by atoms with Crippen LogP contribution in [0.3, 0.4) is 0 Å². The minimum absolute atomic E-state index is 0.0755. The van der Waals surface area contributed by atoms with Crippen molar-refractivity contribution in [2.45, 2.75) is 26.8 Å². The zero-order valence-electron chi connectivity index (χ0n) is 14.9. The Bertz CT molecular complexity index is 816. The normalized spacial score (nSPS) is 12.1. The number of nitrogens with one attached hydrogen (secondary N) is 2. The van der Waals surface area contributed by atoms with Crippen molar-refractivity contribution in [3.8, 4) is 11.5 Å². The van der Waals surface area contributed by atoms with Gasteiger partial charge in [-0.05, 0) is 44.0 Å². The highest BCUT2D eigenvalue weighted by Gasteiger charge is 2.15. The molecule has 0 saturated carbocycles. The maximum Gasteiger partial charge on any atom is 0.269 e. The molecule has 1 aliphatic heterocycles. The second-order valence-electron chi connectivity index (χ2n) is 5.96. The van der Waals surface area contributed by atoms with Gasteiger partial charge in [0.15, 0.2) is 11.5 Å². The fourth-order valence-electron chi connectivity index (χ4n) is 2.73. The first kappa shape index (κ1) is 17.8. The molecule has 0 fully saturated rings. The Hall–Kier alpha value is -3.03. The Labute approximate surface area is 151 Å². The fourth-order valence-corrected chi connectivity index (χ4v) is 2.73. The first-order valence-electron chi connectivity index (χ1n) is 8.54.